The molecule has 27 heavy (non-hydrogen) atoms. The number of aromatic nitrogens is 2. The number of nitrogens with zero attached hydrogens (tertiary/aromatic N) is 3. The molecule has 0 spiro atoms. The van der Waals surface area contributed by atoms with E-state index >= 15 is 0 Å². The second-order valence-corrected chi connectivity index (χ2v) is 8.10. The molecular weight excluding hydrogens is 340 g/mol. The molecule has 1 aromatic carbocycles. The fourth-order valence-electron chi connectivity index (χ4n) is 3.49. The molecule has 3 rings (SSSR count). The number of hydrogen-bond donors (Lipinski definition) is 1. The third-order valence-corrected chi connectivity index (χ3v) is 4.83. The van der Waals surface area contributed by atoms with Gasteiger partial charge in [0.25, 0.3) is 0 Å². The first-order valence-electron chi connectivity index (χ1n) is 9.68. The van der Waals surface area contributed by atoms with E-state index in [4.69, 9.17) is 10.5 Å². The van der Waals surface area contributed by atoms with Gasteiger partial charge in [0.2, 0.25) is 0 Å². The fourth-order valence-corrected chi connectivity index (χ4v) is 3.49. The number of nitrogens with two attached hydrogens (primary N) is 1. The molecule has 1 aliphatic rings. The van der Waals surface area contributed by atoms with Gasteiger partial charge in [0.1, 0.15) is 5.60 Å². The van der Waals surface area contributed by atoms with Crippen molar-refractivity contribution in [2.24, 2.45) is 5.73 Å². The second-order valence-electron chi connectivity index (χ2n) is 8.10. The van der Waals surface area contributed by atoms with Crippen LogP contribution < -0.4 is 5.73 Å². The number of carbonyl (C=O) groups excluding carboxylic acids is 1. The third-order valence-electron chi connectivity index (χ3n) is 4.83. The van der Waals surface area contributed by atoms with Gasteiger partial charge in [-0.2, -0.15) is 5.10 Å². The summed E-state index contributed by atoms with van der Waals surface area (Å²) in [4.78, 5) is 14.0. The predicted molar refractivity (Wildman–Crippen MR) is 106 cm³/mol. The van der Waals surface area contributed by atoms with Crippen LogP contribution in [0.25, 0.3) is 11.1 Å². The van der Waals surface area contributed by atoms with Crippen molar-refractivity contribution >= 4 is 6.09 Å². The molecule has 2 heterocycles. The Morgan fingerprint density at radius 1 is 1.26 bits per heavy atom. The van der Waals surface area contributed by atoms with Gasteiger partial charge in [-0.1, -0.05) is 24.3 Å². The standard InChI is InChI=1S/C21H30N4O2/c1-21(2,3)27-20(26)24-12-9-18(10-13-24)25-15-17(14-23-25)19-7-5-4-6-16(19)8-11-22/h4-7,14-15,18H,8-13,22H2,1-3H3. The van der Waals surface area contributed by atoms with Crippen molar-refractivity contribution in [1.82, 2.24) is 14.7 Å². The monoisotopic (exact) mass is 370 g/mol. The maximum atomic E-state index is 12.2. The number of amides is 1. The van der Waals surface area contributed by atoms with E-state index in [-0.39, 0.29) is 6.09 Å². The van der Waals surface area contributed by atoms with Gasteiger partial charge in [-0.15, -0.1) is 0 Å². The molecule has 2 aromatic rings. The van der Waals surface area contributed by atoms with Crippen LogP contribution in [0.5, 0.6) is 0 Å². The highest BCUT2D eigenvalue weighted by atomic mass is 16.6. The number of ether oxygens (including phenoxy) is 1. The maximum absolute atomic E-state index is 12.2. The van der Waals surface area contributed by atoms with Gasteiger partial charge in [0.15, 0.2) is 0 Å². The van der Waals surface area contributed by atoms with Gasteiger partial charge in [0.05, 0.1) is 12.2 Å². The minimum atomic E-state index is -0.457. The summed E-state index contributed by atoms with van der Waals surface area (Å²) in [6, 6.07) is 8.65. The van der Waals surface area contributed by atoms with Crippen LogP contribution in [0.4, 0.5) is 4.79 Å². The highest BCUT2D eigenvalue weighted by molar-refractivity contribution is 5.68. The normalized spacial score (nSPS) is 15.8. The first-order valence-corrected chi connectivity index (χ1v) is 9.68. The van der Waals surface area contributed by atoms with Crippen molar-refractivity contribution in [3.63, 3.8) is 0 Å². The summed E-state index contributed by atoms with van der Waals surface area (Å²) in [7, 11) is 0. The van der Waals surface area contributed by atoms with Gasteiger partial charge in [0, 0.05) is 24.8 Å². The van der Waals surface area contributed by atoms with Gasteiger partial charge < -0.3 is 15.4 Å². The zero-order valence-corrected chi connectivity index (χ0v) is 16.5. The van der Waals surface area contributed by atoms with E-state index < -0.39 is 5.60 Å². The molecule has 1 saturated heterocycles. The molecule has 0 bridgehead atoms. The number of piperidine rings is 1. The lowest BCUT2D eigenvalue weighted by atomic mass is 10.00. The van der Waals surface area contributed by atoms with E-state index in [2.05, 4.69) is 23.4 Å². The molecule has 0 aliphatic carbocycles. The summed E-state index contributed by atoms with van der Waals surface area (Å²) in [6.45, 7) is 7.70. The van der Waals surface area contributed by atoms with Gasteiger partial charge in [-0.25, -0.2) is 4.79 Å². The van der Waals surface area contributed by atoms with E-state index in [9.17, 15) is 4.79 Å². The molecule has 1 aromatic heterocycles. The molecule has 0 saturated carbocycles. The van der Waals surface area contributed by atoms with Crippen molar-refractivity contribution < 1.29 is 9.53 Å². The van der Waals surface area contributed by atoms with Crippen LogP contribution in [-0.4, -0.2) is 46.0 Å². The summed E-state index contributed by atoms with van der Waals surface area (Å²) in [5.74, 6) is 0. The lowest BCUT2D eigenvalue weighted by Crippen LogP contribution is -2.42. The SMILES string of the molecule is CC(C)(C)OC(=O)N1CCC(n2cc(-c3ccccc3CCN)cn2)CC1. The Balaban J connectivity index is 1.64. The minimum absolute atomic E-state index is 0.224. The van der Waals surface area contributed by atoms with Crippen molar-refractivity contribution in [3.8, 4) is 11.1 Å². The van der Waals surface area contributed by atoms with E-state index in [0.29, 0.717) is 25.7 Å². The molecule has 0 atom stereocenters. The average molecular weight is 370 g/mol. The van der Waals surface area contributed by atoms with Crippen molar-refractivity contribution in [3.05, 3.63) is 42.2 Å². The molecule has 6 heteroatoms. The van der Waals surface area contributed by atoms with Crippen LogP contribution in [0.2, 0.25) is 0 Å². The zero-order valence-electron chi connectivity index (χ0n) is 16.5. The van der Waals surface area contributed by atoms with Crippen LogP contribution in [-0.2, 0) is 11.2 Å². The van der Waals surface area contributed by atoms with E-state index in [1.54, 1.807) is 4.90 Å². The molecule has 146 valence electrons. The number of hydrogen-bond acceptors (Lipinski definition) is 4. The Bertz CT molecular complexity index is 770. The Kier molecular flexibility index (Phi) is 5.85. The lowest BCUT2D eigenvalue weighted by molar-refractivity contribution is 0.0185. The van der Waals surface area contributed by atoms with Gasteiger partial charge in [-0.3, -0.25) is 4.68 Å². The van der Waals surface area contributed by atoms with Crippen LogP contribution in [0, 0.1) is 0 Å². The summed E-state index contributed by atoms with van der Waals surface area (Å²) in [5.41, 5.74) is 8.85. The summed E-state index contributed by atoms with van der Waals surface area (Å²) >= 11 is 0. The van der Waals surface area contributed by atoms with Crippen molar-refractivity contribution in [1.29, 1.82) is 0 Å². The molecule has 1 aliphatic heterocycles. The number of likely N-dealkylation sites (tertiary alicyclic amines) is 1. The van der Waals surface area contributed by atoms with E-state index in [0.717, 1.165) is 24.8 Å². The highest BCUT2D eigenvalue weighted by Gasteiger charge is 2.27. The molecule has 6 nitrogen and oxygen atoms in total. The Hall–Kier alpha value is -2.34. The van der Waals surface area contributed by atoms with Crippen LogP contribution >= 0.6 is 0 Å². The van der Waals surface area contributed by atoms with Crippen molar-refractivity contribution in [2.75, 3.05) is 19.6 Å². The van der Waals surface area contributed by atoms with Crippen LogP contribution in [0.15, 0.2) is 36.7 Å². The number of benzene rings is 1. The summed E-state index contributed by atoms with van der Waals surface area (Å²) in [6.07, 6.45) is 6.43. The smallest absolute Gasteiger partial charge is 0.410 e. The molecule has 0 radical (unpaired) electrons. The lowest BCUT2D eigenvalue weighted by Gasteiger charge is -2.33. The molecular formula is C21H30N4O2. The van der Waals surface area contributed by atoms with Crippen molar-refractivity contribution in [2.45, 2.75) is 51.7 Å². The van der Waals surface area contributed by atoms with Crippen LogP contribution in [0.1, 0.15) is 45.2 Å². The van der Waals surface area contributed by atoms with E-state index in [1.807, 2.05) is 43.8 Å². The number of rotatable bonds is 4. The average Bonchev–Trinajstić information content (AvgIpc) is 3.11. The summed E-state index contributed by atoms with van der Waals surface area (Å²) in [5, 5.41) is 4.60. The largest absolute Gasteiger partial charge is 0.444 e. The first kappa shape index (κ1) is 19.4. The minimum Gasteiger partial charge on any atom is -0.444 e. The highest BCUT2D eigenvalue weighted by Crippen LogP contribution is 2.28. The Morgan fingerprint density at radius 2 is 1.96 bits per heavy atom. The first-order chi connectivity index (χ1) is 12.9. The molecule has 1 amide bonds. The molecule has 1 fully saturated rings. The number of carbonyl (C=O) groups is 1. The Labute approximate surface area is 161 Å². The van der Waals surface area contributed by atoms with E-state index in [1.165, 1.54) is 11.1 Å². The summed E-state index contributed by atoms with van der Waals surface area (Å²) < 4.78 is 7.51. The predicted octanol–water partition coefficient (Wildman–Crippen LogP) is 3.62. The van der Waals surface area contributed by atoms with Gasteiger partial charge in [-0.05, 0) is 57.7 Å². The quantitative estimate of drug-likeness (QED) is 0.892. The second kappa shape index (κ2) is 8.13. The zero-order chi connectivity index (χ0) is 19.4. The maximum Gasteiger partial charge on any atom is 0.410 e. The van der Waals surface area contributed by atoms with Crippen LogP contribution in [0.3, 0.4) is 0 Å². The topological polar surface area (TPSA) is 73.4 Å². The molecule has 0 unspecified atom stereocenters. The van der Waals surface area contributed by atoms with Gasteiger partial charge >= 0.3 is 6.09 Å². The third kappa shape index (κ3) is 4.89. The fraction of sp³-hybridized carbons (Fsp3) is 0.524. The Morgan fingerprint density at radius 3 is 2.63 bits per heavy atom. The molecule has 2 N–H and O–H groups in total.